The Morgan fingerprint density at radius 1 is 1.25 bits per heavy atom. The van der Waals surface area contributed by atoms with Crippen LogP contribution < -0.4 is 5.32 Å². The maximum atomic E-state index is 11.8. The van der Waals surface area contributed by atoms with Gasteiger partial charge in [0.1, 0.15) is 0 Å². The lowest BCUT2D eigenvalue weighted by Crippen LogP contribution is -2.55. The van der Waals surface area contributed by atoms with Gasteiger partial charge in [0.05, 0.1) is 4.92 Å². The molecule has 24 heavy (non-hydrogen) atoms. The van der Waals surface area contributed by atoms with E-state index in [0.29, 0.717) is 23.1 Å². The van der Waals surface area contributed by atoms with Gasteiger partial charge < -0.3 is 20.4 Å². The van der Waals surface area contributed by atoms with Crippen molar-refractivity contribution < 1.29 is 15.1 Å². The molecule has 122 valence electrons. The number of nitrogens with one attached hydrogen (secondary N) is 1. The summed E-state index contributed by atoms with van der Waals surface area (Å²) in [5.41, 5.74) is -3.52. The largest absolute Gasteiger partial charge is 0.370 e. The molecule has 1 aliphatic carbocycles. The Balaban J connectivity index is 1.97. The molecule has 3 N–H and O–H groups in total. The van der Waals surface area contributed by atoms with Crippen molar-refractivity contribution in [1.29, 1.82) is 0 Å². The summed E-state index contributed by atoms with van der Waals surface area (Å²) in [6.45, 7) is 2.34. The lowest BCUT2D eigenvalue weighted by Gasteiger charge is -2.40. The van der Waals surface area contributed by atoms with Crippen LogP contribution in [0.25, 0.3) is 10.8 Å². The third-order valence-electron chi connectivity index (χ3n) is 5.52. The number of aliphatic hydroxyl groups is 2. The highest BCUT2D eigenvalue weighted by atomic mass is 16.6. The van der Waals surface area contributed by atoms with E-state index in [2.05, 4.69) is 5.32 Å². The third kappa shape index (κ3) is 1.15. The van der Waals surface area contributed by atoms with E-state index in [-0.39, 0.29) is 11.9 Å². The van der Waals surface area contributed by atoms with E-state index in [1.54, 1.807) is 29.2 Å². The molecule has 1 saturated heterocycles. The smallest absolute Gasteiger partial charge is 0.327 e. The molecule has 0 aromatic heterocycles. The molecule has 0 radical (unpaired) electrons. The number of benzene rings is 2. The highest BCUT2D eigenvalue weighted by Crippen LogP contribution is 2.62. The predicted octanol–water partition coefficient (Wildman–Crippen LogP) is 0.939. The van der Waals surface area contributed by atoms with Crippen molar-refractivity contribution in [2.24, 2.45) is 0 Å². The Morgan fingerprint density at radius 3 is 2.58 bits per heavy atom. The molecule has 0 spiro atoms. The zero-order chi connectivity index (χ0) is 16.9. The van der Waals surface area contributed by atoms with E-state index >= 15 is 0 Å². The standard InChI is InChI=1S/C17H15N3O4/c1-9-8-18-15-14(20(23)24)16(21)11-6-2-4-10-5-3-7-12(13(10)11)17(16,22)19(9)15/h2-7,9,18,21-22H,8H2,1H3/t9?,16-,17-/m0/s1. The average molecular weight is 325 g/mol. The zero-order valence-electron chi connectivity index (χ0n) is 12.9. The number of nitrogens with zero attached hydrogens (tertiary/aromatic N) is 2. The Bertz CT molecular complexity index is 966. The molecule has 7 nitrogen and oxygen atoms in total. The van der Waals surface area contributed by atoms with Crippen LogP contribution in [0.15, 0.2) is 47.9 Å². The molecule has 3 aliphatic rings. The Kier molecular flexibility index (Phi) is 2.22. The number of nitro groups is 1. The summed E-state index contributed by atoms with van der Waals surface area (Å²) in [5, 5.41) is 39.6. The molecule has 0 saturated carbocycles. The van der Waals surface area contributed by atoms with Crippen LogP contribution in [0, 0.1) is 10.1 Å². The van der Waals surface area contributed by atoms with Gasteiger partial charge >= 0.3 is 5.70 Å². The van der Waals surface area contributed by atoms with Crippen LogP contribution in [0.5, 0.6) is 0 Å². The molecule has 5 rings (SSSR count). The van der Waals surface area contributed by atoms with Crippen molar-refractivity contribution in [2.45, 2.75) is 24.3 Å². The molecule has 3 atom stereocenters. The normalized spacial score (nSPS) is 33.0. The minimum absolute atomic E-state index is 0.196. The summed E-state index contributed by atoms with van der Waals surface area (Å²) in [7, 11) is 0. The molecule has 0 bridgehead atoms. The van der Waals surface area contributed by atoms with Crippen LogP contribution >= 0.6 is 0 Å². The monoisotopic (exact) mass is 325 g/mol. The summed E-state index contributed by atoms with van der Waals surface area (Å²) < 4.78 is 0. The molecule has 7 heteroatoms. The van der Waals surface area contributed by atoms with Crippen LogP contribution in [0.2, 0.25) is 0 Å². The topological polar surface area (TPSA) is 98.9 Å². The van der Waals surface area contributed by atoms with Crippen molar-refractivity contribution in [3.63, 3.8) is 0 Å². The van der Waals surface area contributed by atoms with Crippen LogP contribution in [0.3, 0.4) is 0 Å². The van der Waals surface area contributed by atoms with Crippen LogP contribution in [0.4, 0.5) is 0 Å². The summed E-state index contributed by atoms with van der Waals surface area (Å²) in [5.74, 6) is 0.198. The fraction of sp³-hybridized carbons (Fsp3) is 0.294. The van der Waals surface area contributed by atoms with Gasteiger partial charge in [0, 0.05) is 23.7 Å². The van der Waals surface area contributed by atoms with Crippen molar-refractivity contribution in [3.05, 3.63) is 69.2 Å². The lowest BCUT2D eigenvalue weighted by molar-refractivity contribution is -0.452. The zero-order valence-corrected chi connectivity index (χ0v) is 12.9. The molecular formula is C17H15N3O4. The average Bonchev–Trinajstić information content (AvgIpc) is 3.08. The molecular weight excluding hydrogens is 310 g/mol. The molecule has 1 unspecified atom stereocenters. The highest BCUT2D eigenvalue weighted by Gasteiger charge is 2.75. The first-order chi connectivity index (χ1) is 11.4. The second-order valence-electron chi connectivity index (χ2n) is 6.65. The van der Waals surface area contributed by atoms with Gasteiger partial charge in [-0.15, -0.1) is 0 Å². The summed E-state index contributed by atoms with van der Waals surface area (Å²) in [6, 6.07) is 10.5. The van der Waals surface area contributed by atoms with Crippen molar-refractivity contribution >= 4 is 10.8 Å². The highest BCUT2D eigenvalue weighted by molar-refractivity contribution is 5.94. The Hall–Kier alpha value is -2.64. The maximum absolute atomic E-state index is 11.8. The van der Waals surface area contributed by atoms with Crippen LogP contribution in [0.1, 0.15) is 18.1 Å². The molecule has 1 fully saturated rings. The van der Waals surface area contributed by atoms with E-state index in [1.165, 1.54) is 0 Å². The number of fused-ring (bicyclic) bond motifs is 5. The van der Waals surface area contributed by atoms with Crippen molar-refractivity contribution in [3.8, 4) is 0 Å². The van der Waals surface area contributed by atoms with Gasteiger partial charge in [-0.05, 0) is 17.7 Å². The van der Waals surface area contributed by atoms with Crippen molar-refractivity contribution in [2.75, 3.05) is 6.54 Å². The van der Waals surface area contributed by atoms with E-state index in [9.17, 15) is 20.3 Å². The van der Waals surface area contributed by atoms with Gasteiger partial charge in [-0.2, -0.15) is 0 Å². The molecule has 0 amide bonds. The lowest BCUT2D eigenvalue weighted by atomic mass is 9.86. The van der Waals surface area contributed by atoms with Gasteiger partial charge in [0.25, 0.3) is 0 Å². The molecule has 2 aliphatic heterocycles. The first-order valence-corrected chi connectivity index (χ1v) is 7.82. The minimum Gasteiger partial charge on any atom is -0.370 e. The van der Waals surface area contributed by atoms with Crippen LogP contribution in [-0.4, -0.2) is 32.6 Å². The molecule has 2 aromatic carbocycles. The summed E-state index contributed by atoms with van der Waals surface area (Å²) >= 11 is 0. The van der Waals surface area contributed by atoms with E-state index in [4.69, 9.17) is 0 Å². The second kappa shape index (κ2) is 3.88. The first-order valence-electron chi connectivity index (χ1n) is 7.82. The fourth-order valence-electron chi connectivity index (χ4n) is 4.62. The third-order valence-corrected chi connectivity index (χ3v) is 5.52. The number of rotatable bonds is 1. The second-order valence-corrected chi connectivity index (χ2v) is 6.65. The molecule has 2 aromatic rings. The van der Waals surface area contributed by atoms with Gasteiger partial charge in [0.2, 0.25) is 11.3 Å². The molecule has 2 heterocycles. The Morgan fingerprint density at radius 2 is 1.92 bits per heavy atom. The van der Waals surface area contributed by atoms with Gasteiger partial charge in [-0.1, -0.05) is 36.4 Å². The van der Waals surface area contributed by atoms with Gasteiger partial charge in [0.15, 0.2) is 5.82 Å². The summed E-state index contributed by atoms with van der Waals surface area (Å²) in [4.78, 5) is 12.8. The number of hydrogen-bond donors (Lipinski definition) is 3. The summed E-state index contributed by atoms with van der Waals surface area (Å²) in [6.07, 6.45) is 0. The van der Waals surface area contributed by atoms with Crippen LogP contribution in [-0.2, 0) is 11.3 Å². The predicted molar refractivity (Wildman–Crippen MR) is 85.1 cm³/mol. The quantitative estimate of drug-likeness (QED) is 0.533. The SMILES string of the molecule is CC1CNC2=C([N+](=O)[O-])[C@@]3(O)c4cccc5cccc(c45)[C@@]3(O)N21. The number of hydrogen-bond acceptors (Lipinski definition) is 6. The van der Waals surface area contributed by atoms with Crippen molar-refractivity contribution in [1.82, 2.24) is 10.2 Å². The van der Waals surface area contributed by atoms with E-state index < -0.39 is 21.9 Å². The van der Waals surface area contributed by atoms with E-state index in [0.717, 1.165) is 5.39 Å². The Labute approximate surface area is 137 Å². The first kappa shape index (κ1) is 13.8. The fourth-order valence-corrected chi connectivity index (χ4v) is 4.62. The minimum atomic E-state index is -2.11. The maximum Gasteiger partial charge on any atom is 0.327 e. The van der Waals surface area contributed by atoms with E-state index in [1.807, 2.05) is 19.1 Å². The van der Waals surface area contributed by atoms with Gasteiger partial charge in [-0.25, -0.2) is 0 Å². The van der Waals surface area contributed by atoms with Gasteiger partial charge in [-0.3, -0.25) is 10.1 Å².